The fourth-order valence-electron chi connectivity index (χ4n) is 2.23. The van der Waals surface area contributed by atoms with Gasteiger partial charge in [-0.25, -0.2) is 5.84 Å². The molecule has 1 aromatic carbocycles. The Hall–Kier alpha value is -2.31. The van der Waals surface area contributed by atoms with Gasteiger partial charge in [0.05, 0.1) is 13.2 Å². The highest BCUT2D eigenvalue weighted by atomic mass is 16.5. The topological polar surface area (TPSA) is 72.6 Å². The number of hydrazine groups is 1. The van der Waals surface area contributed by atoms with Gasteiger partial charge in [0.1, 0.15) is 11.6 Å². The number of nitrogen functional groups attached to an aromatic ring is 1. The number of aromatic nitrogens is 1. The van der Waals surface area contributed by atoms with E-state index >= 15 is 0 Å². The van der Waals surface area contributed by atoms with Crippen molar-refractivity contribution in [3.05, 3.63) is 42.5 Å². The molecule has 0 radical (unpaired) electrons. The van der Waals surface area contributed by atoms with Crippen LogP contribution in [0.2, 0.25) is 0 Å². The Balaban J connectivity index is 1.85. The van der Waals surface area contributed by atoms with Crippen LogP contribution in [0.25, 0.3) is 0 Å². The first kappa shape index (κ1) is 13.7. The van der Waals surface area contributed by atoms with Crippen molar-refractivity contribution in [1.82, 2.24) is 4.98 Å². The first-order valence-corrected chi connectivity index (χ1v) is 6.89. The molecule has 0 atom stereocenters. The van der Waals surface area contributed by atoms with E-state index in [-0.39, 0.29) is 0 Å². The maximum Gasteiger partial charge on any atom is 0.223 e. The number of hydrogen-bond acceptors (Lipinski definition) is 6. The molecular weight excluding hydrogens is 268 g/mol. The van der Waals surface area contributed by atoms with E-state index in [1.165, 1.54) is 0 Å². The number of pyridine rings is 1. The van der Waals surface area contributed by atoms with Crippen molar-refractivity contribution in [1.29, 1.82) is 0 Å². The van der Waals surface area contributed by atoms with Gasteiger partial charge in [0.25, 0.3) is 0 Å². The molecule has 0 saturated carbocycles. The summed E-state index contributed by atoms with van der Waals surface area (Å²) in [5.74, 6) is 7.33. The average molecular weight is 286 g/mol. The maximum atomic E-state index is 5.79. The Labute approximate surface area is 123 Å². The molecule has 1 aliphatic rings. The van der Waals surface area contributed by atoms with Crippen molar-refractivity contribution in [3.63, 3.8) is 0 Å². The summed E-state index contributed by atoms with van der Waals surface area (Å²) in [5.41, 5.74) is 3.60. The van der Waals surface area contributed by atoms with Gasteiger partial charge in [0, 0.05) is 30.9 Å². The van der Waals surface area contributed by atoms with Crippen LogP contribution in [0.4, 0.5) is 11.5 Å². The molecule has 1 saturated heterocycles. The second-order valence-electron chi connectivity index (χ2n) is 4.71. The summed E-state index contributed by atoms with van der Waals surface area (Å²) in [7, 11) is 0. The fourth-order valence-corrected chi connectivity index (χ4v) is 2.23. The summed E-state index contributed by atoms with van der Waals surface area (Å²) in [6.45, 7) is 3.14. The molecule has 1 fully saturated rings. The Morgan fingerprint density at radius 2 is 1.90 bits per heavy atom. The van der Waals surface area contributed by atoms with Crippen LogP contribution in [0.5, 0.6) is 11.6 Å². The van der Waals surface area contributed by atoms with Crippen molar-refractivity contribution in [2.45, 2.75) is 0 Å². The molecule has 2 aromatic rings. The van der Waals surface area contributed by atoms with E-state index in [0.717, 1.165) is 37.7 Å². The van der Waals surface area contributed by atoms with Gasteiger partial charge in [-0.1, -0.05) is 18.2 Å². The van der Waals surface area contributed by atoms with Gasteiger partial charge in [0.2, 0.25) is 5.88 Å². The van der Waals surface area contributed by atoms with E-state index in [0.29, 0.717) is 11.7 Å². The zero-order valence-electron chi connectivity index (χ0n) is 11.7. The van der Waals surface area contributed by atoms with E-state index in [9.17, 15) is 0 Å². The van der Waals surface area contributed by atoms with E-state index < -0.39 is 0 Å². The molecule has 3 rings (SSSR count). The Morgan fingerprint density at radius 3 is 2.62 bits per heavy atom. The van der Waals surface area contributed by atoms with Crippen LogP contribution in [-0.4, -0.2) is 31.3 Å². The van der Waals surface area contributed by atoms with Crippen LogP contribution in [-0.2, 0) is 4.74 Å². The first-order valence-electron chi connectivity index (χ1n) is 6.89. The summed E-state index contributed by atoms with van der Waals surface area (Å²) in [6.07, 6.45) is 0. The summed E-state index contributed by atoms with van der Waals surface area (Å²) in [5, 5.41) is 0. The number of morpholine rings is 1. The fraction of sp³-hybridized carbons (Fsp3) is 0.267. The number of nitrogens with one attached hydrogen (secondary N) is 1. The largest absolute Gasteiger partial charge is 0.439 e. The van der Waals surface area contributed by atoms with Gasteiger partial charge >= 0.3 is 0 Å². The van der Waals surface area contributed by atoms with Crippen molar-refractivity contribution < 1.29 is 9.47 Å². The summed E-state index contributed by atoms with van der Waals surface area (Å²) < 4.78 is 11.2. The lowest BCUT2D eigenvalue weighted by molar-refractivity contribution is 0.122. The highest BCUT2D eigenvalue weighted by Crippen LogP contribution is 2.27. The third-order valence-corrected chi connectivity index (χ3v) is 3.28. The number of benzene rings is 1. The third kappa shape index (κ3) is 3.42. The molecule has 0 aliphatic carbocycles. The van der Waals surface area contributed by atoms with Gasteiger partial charge in [-0.3, -0.25) is 0 Å². The Bertz CT molecular complexity index is 585. The molecule has 2 heterocycles. The van der Waals surface area contributed by atoms with Gasteiger partial charge in [-0.05, 0) is 12.1 Å². The van der Waals surface area contributed by atoms with Crippen molar-refractivity contribution in [2.75, 3.05) is 36.6 Å². The van der Waals surface area contributed by atoms with Gasteiger partial charge in [0.15, 0.2) is 0 Å². The summed E-state index contributed by atoms with van der Waals surface area (Å²) in [4.78, 5) is 6.55. The Kier molecular flexibility index (Phi) is 4.18. The zero-order valence-corrected chi connectivity index (χ0v) is 11.7. The normalized spacial score (nSPS) is 14.8. The van der Waals surface area contributed by atoms with Crippen LogP contribution in [0.3, 0.4) is 0 Å². The average Bonchev–Trinajstić information content (AvgIpc) is 2.56. The molecule has 1 aromatic heterocycles. The number of nitrogens with zero attached hydrogens (tertiary/aromatic N) is 2. The minimum atomic E-state index is 0.512. The highest BCUT2D eigenvalue weighted by Gasteiger charge is 2.14. The van der Waals surface area contributed by atoms with Gasteiger partial charge < -0.3 is 19.8 Å². The summed E-state index contributed by atoms with van der Waals surface area (Å²) >= 11 is 0. The number of ether oxygens (including phenoxy) is 2. The van der Waals surface area contributed by atoms with Crippen LogP contribution in [0.15, 0.2) is 42.5 Å². The van der Waals surface area contributed by atoms with E-state index in [4.69, 9.17) is 15.3 Å². The molecule has 0 amide bonds. The van der Waals surface area contributed by atoms with Crippen molar-refractivity contribution in [3.8, 4) is 11.6 Å². The SMILES string of the molecule is NNc1cc(N2CCOCC2)cc(Oc2ccccc2)n1. The predicted octanol–water partition coefficient (Wildman–Crippen LogP) is 2.00. The van der Waals surface area contributed by atoms with Crippen LogP contribution >= 0.6 is 0 Å². The third-order valence-electron chi connectivity index (χ3n) is 3.28. The van der Waals surface area contributed by atoms with Crippen LogP contribution in [0, 0.1) is 0 Å². The lowest BCUT2D eigenvalue weighted by atomic mass is 10.3. The second kappa shape index (κ2) is 6.43. The predicted molar refractivity (Wildman–Crippen MR) is 81.6 cm³/mol. The number of rotatable bonds is 4. The molecule has 6 heteroatoms. The van der Waals surface area contributed by atoms with Crippen LogP contribution in [0.1, 0.15) is 0 Å². The molecule has 6 nitrogen and oxygen atoms in total. The molecule has 0 unspecified atom stereocenters. The monoisotopic (exact) mass is 286 g/mol. The number of hydrogen-bond donors (Lipinski definition) is 2. The Morgan fingerprint density at radius 1 is 1.14 bits per heavy atom. The van der Waals surface area contributed by atoms with E-state index in [1.807, 2.05) is 42.5 Å². The second-order valence-corrected chi connectivity index (χ2v) is 4.71. The number of nitrogens with two attached hydrogens (primary N) is 1. The quantitative estimate of drug-likeness (QED) is 0.661. The number of anilines is 2. The minimum absolute atomic E-state index is 0.512. The standard InChI is InChI=1S/C15H18N4O2/c16-18-14-10-12(19-6-8-20-9-7-19)11-15(17-14)21-13-4-2-1-3-5-13/h1-5,10-11H,6-9,16H2,(H,17,18). The van der Waals surface area contributed by atoms with E-state index in [1.54, 1.807) is 0 Å². The van der Waals surface area contributed by atoms with E-state index in [2.05, 4.69) is 15.3 Å². The van der Waals surface area contributed by atoms with Gasteiger partial charge in [-0.2, -0.15) is 4.98 Å². The molecule has 0 spiro atoms. The minimum Gasteiger partial charge on any atom is -0.439 e. The van der Waals surface area contributed by atoms with Crippen molar-refractivity contribution in [2.24, 2.45) is 5.84 Å². The van der Waals surface area contributed by atoms with Crippen molar-refractivity contribution >= 4 is 11.5 Å². The smallest absolute Gasteiger partial charge is 0.223 e. The van der Waals surface area contributed by atoms with Gasteiger partial charge in [-0.15, -0.1) is 0 Å². The molecule has 3 N–H and O–H groups in total. The summed E-state index contributed by atoms with van der Waals surface area (Å²) in [6, 6.07) is 13.4. The number of para-hydroxylation sites is 1. The molecular formula is C15H18N4O2. The first-order chi connectivity index (χ1) is 10.3. The lowest BCUT2D eigenvalue weighted by Gasteiger charge is -2.29. The molecule has 0 bridgehead atoms. The molecule has 110 valence electrons. The lowest BCUT2D eigenvalue weighted by Crippen LogP contribution is -2.36. The molecule has 1 aliphatic heterocycles. The maximum absolute atomic E-state index is 5.79. The highest BCUT2D eigenvalue weighted by molar-refractivity contribution is 5.57. The molecule has 21 heavy (non-hydrogen) atoms. The zero-order chi connectivity index (χ0) is 14.5. The van der Waals surface area contributed by atoms with Crippen LogP contribution < -0.4 is 20.9 Å².